The SMILES string of the molecule is Cc1cc(C#N)cc(NCCC(N)=O)n1. The van der Waals surface area contributed by atoms with Crippen LogP contribution in [0.1, 0.15) is 17.7 Å². The van der Waals surface area contributed by atoms with Crippen LogP contribution in [-0.2, 0) is 4.79 Å². The Kier molecular flexibility index (Phi) is 3.63. The standard InChI is InChI=1S/C10H12N4O/c1-7-4-8(6-11)5-10(14-7)13-3-2-9(12)15/h4-5H,2-3H2,1H3,(H2,12,15)(H,13,14). The molecule has 0 atom stereocenters. The Morgan fingerprint density at radius 1 is 1.67 bits per heavy atom. The molecule has 0 aliphatic rings. The van der Waals surface area contributed by atoms with Crippen LogP contribution < -0.4 is 11.1 Å². The molecule has 78 valence electrons. The largest absolute Gasteiger partial charge is 0.370 e. The van der Waals surface area contributed by atoms with Crippen molar-refractivity contribution in [1.82, 2.24) is 4.98 Å². The van der Waals surface area contributed by atoms with E-state index in [2.05, 4.69) is 10.3 Å². The number of rotatable bonds is 4. The van der Waals surface area contributed by atoms with Crippen molar-refractivity contribution in [2.45, 2.75) is 13.3 Å². The van der Waals surface area contributed by atoms with Gasteiger partial charge in [0.15, 0.2) is 0 Å². The number of anilines is 1. The Morgan fingerprint density at radius 2 is 2.40 bits per heavy atom. The van der Waals surface area contributed by atoms with Crippen LogP contribution >= 0.6 is 0 Å². The fourth-order valence-corrected chi connectivity index (χ4v) is 1.14. The first kappa shape index (κ1) is 11.0. The maximum absolute atomic E-state index is 10.5. The van der Waals surface area contributed by atoms with Crippen LogP contribution in [0.5, 0.6) is 0 Å². The normalized spacial score (nSPS) is 9.33. The summed E-state index contributed by atoms with van der Waals surface area (Å²) in [4.78, 5) is 14.7. The van der Waals surface area contributed by atoms with E-state index in [0.717, 1.165) is 5.69 Å². The Balaban J connectivity index is 2.65. The minimum atomic E-state index is -0.365. The molecule has 0 aromatic carbocycles. The first-order valence-corrected chi connectivity index (χ1v) is 4.53. The van der Waals surface area contributed by atoms with Gasteiger partial charge >= 0.3 is 0 Å². The second kappa shape index (κ2) is 4.96. The summed E-state index contributed by atoms with van der Waals surface area (Å²) >= 11 is 0. The minimum Gasteiger partial charge on any atom is -0.370 e. The van der Waals surface area contributed by atoms with Gasteiger partial charge in [0.05, 0.1) is 11.6 Å². The molecule has 3 N–H and O–H groups in total. The van der Waals surface area contributed by atoms with E-state index in [9.17, 15) is 4.79 Å². The van der Waals surface area contributed by atoms with Crippen LogP contribution in [0.15, 0.2) is 12.1 Å². The third kappa shape index (κ3) is 3.65. The maximum Gasteiger partial charge on any atom is 0.219 e. The fourth-order valence-electron chi connectivity index (χ4n) is 1.14. The molecule has 1 amide bonds. The smallest absolute Gasteiger partial charge is 0.219 e. The molecule has 0 spiro atoms. The number of nitriles is 1. The molecule has 1 aromatic heterocycles. The third-order valence-electron chi connectivity index (χ3n) is 1.76. The molecule has 0 unspecified atom stereocenters. The van der Waals surface area contributed by atoms with Gasteiger partial charge in [-0.25, -0.2) is 4.98 Å². The van der Waals surface area contributed by atoms with E-state index in [-0.39, 0.29) is 12.3 Å². The lowest BCUT2D eigenvalue weighted by Crippen LogP contribution is -2.16. The van der Waals surface area contributed by atoms with Gasteiger partial charge in [0.1, 0.15) is 5.82 Å². The van der Waals surface area contributed by atoms with Gasteiger partial charge in [-0.3, -0.25) is 4.79 Å². The summed E-state index contributed by atoms with van der Waals surface area (Å²) in [6, 6.07) is 5.36. The molecule has 0 bridgehead atoms. The number of amides is 1. The summed E-state index contributed by atoms with van der Waals surface area (Å²) in [5, 5.41) is 11.6. The monoisotopic (exact) mass is 204 g/mol. The van der Waals surface area contributed by atoms with E-state index in [1.54, 1.807) is 19.1 Å². The van der Waals surface area contributed by atoms with Gasteiger partial charge in [0, 0.05) is 18.7 Å². The number of nitrogens with zero attached hydrogens (tertiary/aromatic N) is 2. The summed E-state index contributed by atoms with van der Waals surface area (Å²) in [7, 11) is 0. The number of carbonyl (C=O) groups excluding carboxylic acids is 1. The Labute approximate surface area is 87.9 Å². The Morgan fingerprint density at radius 3 is 3.00 bits per heavy atom. The number of aromatic nitrogens is 1. The molecule has 0 fully saturated rings. The average Bonchev–Trinajstić information content (AvgIpc) is 2.16. The van der Waals surface area contributed by atoms with Gasteiger partial charge in [-0.15, -0.1) is 0 Å². The van der Waals surface area contributed by atoms with E-state index >= 15 is 0 Å². The van der Waals surface area contributed by atoms with Gasteiger partial charge in [0.2, 0.25) is 5.91 Å². The molecule has 5 nitrogen and oxygen atoms in total. The number of nitrogens with two attached hydrogens (primary N) is 1. The Bertz CT molecular complexity index is 408. The lowest BCUT2D eigenvalue weighted by atomic mass is 10.2. The predicted octanol–water partition coefficient (Wildman–Crippen LogP) is 0.549. The van der Waals surface area contributed by atoms with Crippen molar-refractivity contribution in [1.29, 1.82) is 5.26 Å². The quantitative estimate of drug-likeness (QED) is 0.749. The molecule has 1 heterocycles. The van der Waals surface area contributed by atoms with Gasteiger partial charge in [0.25, 0.3) is 0 Å². The van der Waals surface area contributed by atoms with Crippen molar-refractivity contribution in [2.75, 3.05) is 11.9 Å². The summed E-state index contributed by atoms with van der Waals surface area (Å²) in [5.41, 5.74) is 6.30. The van der Waals surface area contributed by atoms with E-state index in [1.807, 2.05) is 6.07 Å². The fraction of sp³-hybridized carbons (Fsp3) is 0.300. The van der Waals surface area contributed by atoms with Gasteiger partial charge < -0.3 is 11.1 Å². The molecule has 0 saturated heterocycles. The van der Waals surface area contributed by atoms with Crippen LogP contribution in [0.4, 0.5) is 5.82 Å². The zero-order chi connectivity index (χ0) is 11.3. The third-order valence-corrected chi connectivity index (χ3v) is 1.76. The van der Waals surface area contributed by atoms with Crippen molar-refractivity contribution in [3.05, 3.63) is 23.4 Å². The van der Waals surface area contributed by atoms with Crippen LogP contribution in [-0.4, -0.2) is 17.4 Å². The van der Waals surface area contributed by atoms with E-state index in [4.69, 9.17) is 11.0 Å². The lowest BCUT2D eigenvalue weighted by molar-refractivity contribution is -0.117. The molecule has 0 radical (unpaired) electrons. The van der Waals surface area contributed by atoms with Gasteiger partial charge in [-0.1, -0.05) is 0 Å². The maximum atomic E-state index is 10.5. The van der Waals surface area contributed by atoms with E-state index in [1.165, 1.54) is 0 Å². The highest BCUT2D eigenvalue weighted by molar-refractivity contribution is 5.74. The van der Waals surface area contributed by atoms with Crippen molar-refractivity contribution in [2.24, 2.45) is 5.73 Å². The lowest BCUT2D eigenvalue weighted by Gasteiger charge is -2.05. The predicted molar refractivity (Wildman–Crippen MR) is 56.0 cm³/mol. The van der Waals surface area contributed by atoms with Crippen LogP contribution in [0.2, 0.25) is 0 Å². The van der Waals surface area contributed by atoms with E-state index < -0.39 is 0 Å². The van der Waals surface area contributed by atoms with Crippen molar-refractivity contribution < 1.29 is 4.79 Å². The first-order valence-electron chi connectivity index (χ1n) is 4.53. The van der Waals surface area contributed by atoms with Crippen molar-refractivity contribution in [3.8, 4) is 6.07 Å². The highest BCUT2D eigenvalue weighted by Gasteiger charge is 2.00. The number of carbonyl (C=O) groups is 1. The number of hydrogen-bond donors (Lipinski definition) is 2. The minimum absolute atomic E-state index is 0.248. The summed E-state index contributed by atoms with van der Waals surface area (Å²) in [6.07, 6.45) is 0.248. The number of hydrogen-bond acceptors (Lipinski definition) is 4. The molecule has 1 rings (SSSR count). The van der Waals surface area contributed by atoms with Crippen LogP contribution in [0.25, 0.3) is 0 Å². The molecule has 0 aliphatic carbocycles. The number of aryl methyl sites for hydroxylation is 1. The highest BCUT2D eigenvalue weighted by atomic mass is 16.1. The average molecular weight is 204 g/mol. The Hall–Kier alpha value is -2.09. The molecule has 0 aliphatic heterocycles. The topological polar surface area (TPSA) is 91.8 Å². The molecular weight excluding hydrogens is 192 g/mol. The number of pyridine rings is 1. The molecule has 15 heavy (non-hydrogen) atoms. The number of nitrogens with one attached hydrogen (secondary N) is 1. The second-order valence-corrected chi connectivity index (χ2v) is 3.14. The zero-order valence-corrected chi connectivity index (χ0v) is 8.45. The van der Waals surface area contributed by atoms with Crippen LogP contribution in [0, 0.1) is 18.3 Å². The first-order chi connectivity index (χ1) is 7.11. The van der Waals surface area contributed by atoms with Crippen molar-refractivity contribution in [3.63, 3.8) is 0 Å². The highest BCUT2D eigenvalue weighted by Crippen LogP contribution is 2.08. The molecular formula is C10H12N4O. The van der Waals surface area contributed by atoms with Gasteiger partial charge in [-0.2, -0.15) is 5.26 Å². The van der Waals surface area contributed by atoms with Gasteiger partial charge in [-0.05, 0) is 19.1 Å². The zero-order valence-electron chi connectivity index (χ0n) is 8.45. The summed E-state index contributed by atoms with van der Waals surface area (Å²) in [5.74, 6) is 0.225. The summed E-state index contributed by atoms with van der Waals surface area (Å²) < 4.78 is 0. The summed E-state index contributed by atoms with van der Waals surface area (Å²) in [6.45, 7) is 2.23. The second-order valence-electron chi connectivity index (χ2n) is 3.14. The van der Waals surface area contributed by atoms with E-state index in [0.29, 0.717) is 17.9 Å². The molecule has 1 aromatic rings. The van der Waals surface area contributed by atoms with Crippen LogP contribution in [0.3, 0.4) is 0 Å². The number of primary amides is 1. The molecule has 0 saturated carbocycles. The van der Waals surface area contributed by atoms with Crippen molar-refractivity contribution >= 4 is 11.7 Å². The molecule has 5 heteroatoms.